The van der Waals surface area contributed by atoms with Crippen molar-refractivity contribution < 1.29 is 19.1 Å². The Hall–Kier alpha value is -3.15. The van der Waals surface area contributed by atoms with Crippen molar-refractivity contribution in [1.29, 1.82) is 0 Å². The van der Waals surface area contributed by atoms with Crippen LogP contribution >= 0.6 is 0 Å². The molecule has 6 heteroatoms. The Balaban J connectivity index is 1.74. The van der Waals surface area contributed by atoms with Gasteiger partial charge >= 0.3 is 5.97 Å². The number of hydrogen-bond donors (Lipinski definition) is 0. The molecule has 2 amide bonds. The number of anilines is 1. The van der Waals surface area contributed by atoms with E-state index < -0.39 is 11.4 Å². The molecule has 0 unspecified atom stereocenters. The van der Waals surface area contributed by atoms with Crippen molar-refractivity contribution in [3.63, 3.8) is 0 Å². The molecular formula is C24H28N2O4. The minimum Gasteiger partial charge on any atom is -0.455 e. The van der Waals surface area contributed by atoms with Crippen molar-refractivity contribution in [2.45, 2.75) is 32.1 Å². The monoisotopic (exact) mass is 408 g/mol. The first kappa shape index (κ1) is 21.6. The van der Waals surface area contributed by atoms with E-state index in [1.807, 2.05) is 67.6 Å². The lowest BCUT2D eigenvalue weighted by molar-refractivity contribution is -0.156. The minimum absolute atomic E-state index is 0.00153. The number of hydrogen-bond acceptors (Lipinski definition) is 4. The highest BCUT2D eigenvalue weighted by molar-refractivity contribution is 5.96. The summed E-state index contributed by atoms with van der Waals surface area (Å²) in [6.45, 7) is 4.56. The zero-order chi connectivity index (χ0) is 21.6. The van der Waals surface area contributed by atoms with Gasteiger partial charge in [0, 0.05) is 32.2 Å². The van der Waals surface area contributed by atoms with Gasteiger partial charge in [0.15, 0.2) is 6.61 Å². The molecule has 0 radical (unpaired) electrons. The van der Waals surface area contributed by atoms with Gasteiger partial charge in [-0.3, -0.25) is 14.4 Å². The van der Waals surface area contributed by atoms with Crippen LogP contribution in [0.1, 0.15) is 32.3 Å². The second-order valence-electron chi connectivity index (χ2n) is 7.50. The van der Waals surface area contributed by atoms with Crippen molar-refractivity contribution in [3.05, 3.63) is 66.2 Å². The minimum atomic E-state index is -0.850. The lowest BCUT2D eigenvalue weighted by Crippen LogP contribution is -2.49. The van der Waals surface area contributed by atoms with Crippen LogP contribution in [0.4, 0.5) is 5.69 Å². The molecule has 0 aromatic heterocycles. The first-order valence-electron chi connectivity index (χ1n) is 10.3. The Bertz CT molecular complexity index is 875. The molecule has 1 aliphatic rings. The highest BCUT2D eigenvalue weighted by Crippen LogP contribution is 2.37. The Kier molecular flexibility index (Phi) is 6.87. The largest absolute Gasteiger partial charge is 0.455 e. The van der Waals surface area contributed by atoms with Crippen molar-refractivity contribution in [2.24, 2.45) is 0 Å². The number of likely N-dealkylation sites (N-methyl/N-ethyl adjacent to an activating group) is 1. The van der Waals surface area contributed by atoms with Crippen LogP contribution in [-0.2, 0) is 24.5 Å². The van der Waals surface area contributed by atoms with Gasteiger partial charge in [0.2, 0.25) is 5.91 Å². The zero-order valence-corrected chi connectivity index (χ0v) is 17.5. The van der Waals surface area contributed by atoms with Gasteiger partial charge in [0.1, 0.15) is 0 Å². The number of piperidine rings is 1. The molecule has 2 aromatic rings. The standard InChI is InChI=1S/C24H28N2O4/c1-3-26(21-12-8-5-9-13-21)22(28)18-30-23(29)24(20-10-6-4-7-11-20)14-16-25(17-15-24)19(2)27/h4-13H,3,14-18H2,1-2H3. The number of rotatable bonds is 6. The average molecular weight is 408 g/mol. The van der Waals surface area contributed by atoms with E-state index in [0.29, 0.717) is 32.5 Å². The van der Waals surface area contributed by atoms with Crippen LogP contribution in [-0.4, -0.2) is 48.9 Å². The Morgan fingerprint density at radius 3 is 2.07 bits per heavy atom. The Labute approximate surface area is 177 Å². The second kappa shape index (κ2) is 9.57. The molecule has 0 spiro atoms. The maximum absolute atomic E-state index is 13.3. The Morgan fingerprint density at radius 2 is 1.53 bits per heavy atom. The summed E-state index contributed by atoms with van der Waals surface area (Å²) in [5, 5.41) is 0. The summed E-state index contributed by atoms with van der Waals surface area (Å²) in [6.07, 6.45) is 0.944. The van der Waals surface area contributed by atoms with Gasteiger partial charge in [0.25, 0.3) is 5.91 Å². The fraction of sp³-hybridized carbons (Fsp3) is 0.375. The van der Waals surface area contributed by atoms with Gasteiger partial charge in [-0.1, -0.05) is 48.5 Å². The topological polar surface area (TPSA) is 66.9 Å². The maximum Gasteiger partial charge on any atom is 0.317 e. The number of carbonyl (C=O) groups is 3. The third-order valence-corrected chi connectivity index (χ3v) is 5.79. The van der Waals surface area contributed by atoms with E-state index in [-0.39, 0.29) is 18.4 Å². The molecule has 158 valence electrons. The highest BCUT2D eigenvalue weighted by atomic mass is 16.5. The van der Waals surface area contributed by atoms with Crippen molar-refractivity contribution in [1.82, 2.24) is 4.90 Å². The molecule has 1 saturated heterocycles. The maximum atomic E-state index is 13.3. The van der Waals surface area contributed by atoms with E-state index in [1.54, 1.807) is 9.80 Å². The summed E-state index contributed by atoms with van der Waals surface area (Å²) in [7, 11) is 0. The third-order valence-electron chi connectivity index (χ3n) is 5.79. The summed E-state index contributed by atoms with van der Waals surface area (Å²) < 4.78 is 5.57. The lowest BCUT2D eigenvalue weighted by Gasteiger charge is -2.40. The molecule has 6 nitrogen and oxygen atoms in total. The fourth-order valence-electron chi connectivity index (χ4n) is 4.03. The number of esters is 1. The molecule has 1 aliphatic heterocycles. The first-order valence-corrected chi connectivity index (χ1v) is 10.3. The normalized spacial score (nSPS) is 15.3. The number of likely N-dealkylation sites (tertiary alicyclic amines) is 1. The molecule has 0 atom stereocenters. The molecule has 1 heterocycles. The van der Waals surface area contributed by atoms with Crippen LogP contribution < -0.4 is 4.90 Å². The fourth-order valence-corrected chi connectivity index (χ4v) is 4.03. The molecule has 0 saturated carbocycles. The van der Waals surface area contributed by atoms with Crippen LogP contribution in [0, 0.1) is 0 Å². The number of benzene rings is 2. The van der Waals surface area contributed by atoms with Gasteiger partial charge in [0.05, 0.1) is 5.41 Å². The van der Waals surface area contributed by atoms with E-state index in [4.69, 9.17) is 4.74 Å². The molecule has 0 N–H and O–H groups in total. The summed E-state index contributed by atoms with van der Waals surface area (Å²) in [4.78, 5) is 41.1. The molecular weight excluding hydrogens is 380 g/mol. The van der Waals surface area contributed by atoms with Crippen LogP contribution in [0.3, 0.4) is 0 Å². The quantitative estimate of drug-likeness (QED) is 0.689. The molecule has 0 aliphatic carbocycles. The predicted octanol–water partition coefficient (Wildman–Crippen LogP) is 3.16. The van der Waals surface area contributed by atoms with Crippen molar-refractivity contribution in [2.75, 3.05) is 31.1 Å². The van der Waals surface area contributed by atoms with Crippen molar-refractivity contribution >= 4 is 23.5 Å². The number of nitrogens with zero attached hydrogens (tertiary/aromatic N) is 2. The second-order valence-corrected chi connectivity index (χ2v) is 7.50. The van der Waals surface area contributed by atoms with E-state index in [9.17, 15) is 14.4 Å². The lowest BCUT2D eigenvalue weighted by atomic mass is 9.72. The zero-order valence-electron chi connectivity index (χ0n) is 17.5. The summed E-state index contributed by atoms with van der Waals surface area (Å²) >= 11 is 0. The van der Waals surface area contributed by atoms with Crippen LogP contribution in [0.15, 0.2) is 60.7 Å². The smallest absolute Gasteiger partial charge is 0.317 e. The Morgan fingerprint density at radius 1 is 0.967 bits per heavy atom. The average Bonchev–Trinajstić information content (AvgIpc) is 2.79. The molecule has 3 rings (SSSR count). The SMILES string of the molecule is CCN(C(=O)COC(=O)C1(c2ccccc2)CCN(C(C)=O)CC1)c1ccccc1. The van der Waals surface area contributed by atoms with E-state index >= 15 is 0 Å². The van der Waals surface area contributed by atoms with E-state index in [0.717, 1.165) is 11.3 Å². The van der Waals surface area contributed by atoms with E-state index in [2.05, 4.69) is 0 Å². The van der Waals surface area contributed by atoms with Gasteiger partial charge < -0.3 is 14.5 Å². The molecule has 0 bridgehead atoms. The predicted molar refractivity (Wildman–Crippen MR) is 115 cm³/mol. The third kappa shape index (κ3) is 4.53. The molecule has 1 fully saturated rings. The number of amides is 2. The number of ether oxygens (including phenoxy) is 1. The van der Waals surface area contributed by atoms with Crippen LogP contribution in [0.5, 0.6) is 0 Å². The summed E-state index contributed by atoms with van der Waals surface area (Å²) in [6, 6.07) is 18.8. The summed E-state index contributed by atoms with van der Waals surface area (Å²) in [5.41, 5.74) is 0.784. The van der Waals surface area contributed by atoms with Crippen molar-refractivity contribution in [3.8, 4) is 0 Å². The summed E-state index contributed by atoms with van der Waals surface area (Å²) in [5.74, 6) is -0.669. The first-order chi connectivity index (χ1) is 14.5. The van der Waals surface area contributed by atoms with Gasteiger partial charge in [-0.15, -0.1) is 0 Å². The van der Waals surface area contributed by atoms with Gasteiger partial charge in [-0.25, -0.2) is 0 Å². The number of para-hydroxylation sites is 1. The molecule has 2 aromatic carbocycles. The van der Waals surface area contributed by atoms with Crippen LogP contribution in [0.25, 0.3) is 0 Å². The molecule has 30 heavy (non-hydrogen) atoms. The number of carbonyl (C=O) groups excluding carboxylic acids is 3. The van der Waals surface area contributed by atoms with Crippen LogP contribution in [0.2, 0.25) is 0 Å². The van der Waals surface area contributed by atoms with Gasteiger partial charge in [-0.05, 0) is 37.5 Å². The van der Waals surface area contributed by atoms with E-state index in [1.165, 1.54) is 6.92 Å². The van der Waals surface area contributed by atoms with Gasteiger partial charge in [-0.2, -0.15) is 0 Å². The highest BCUT2D eigenvalue weighted by Gasteiger charge is 2.45.